The zero-order chi connectivity index (χ0) is 19.8. The summed E-state index contributed by atoms with van der Waals surface area (Å²) >= 11 is 1.06. The average molecular weight is 408 g/mol. The van der Waals surface area contributed by atoms with Crippen LogP contribution in [0.1, 0.15) is 9.67 Å². The Labute approximate surface area is 162 Å². The van der Waals surface area contributed by atoms with Gasteiger partial charge in [0.2, 0.25) is 0 Å². The lowest BCUT2D eigenvalue weighted by molar-refractivity contribution is 0.0606. The summed E-state index contributed by atoms with van der Waals surface area (Å²) in [6.45, 7) is 2.07. The zero-order valence-electron chi connectivity index (χ0n) is 14.8. The maximum Gasteiger partial charge on any atom is 0.350 e. The molecule has 0 N–H and O–H groups in total. The molecule has 0 bridgehead atoms. The molecule has 0 unspecified atom stereocenters. The third kappa shape index (κ3) is 3.10. The molecule has 0 saturated carbocycles. The van der Waals surface area contributed by atoms with Crippen molar-refractivity contribution in [1.29, 1.82) is 0 Å². The number of hydrogen-bond donors (Lipinski definition) is 0. The highest BCUT2D eigenvalue weighted by molar-refractivity contribution is 7.22. The topological polar surface area (TPSA) is 51.7 Å². The predicted molar refractivity (Wildman–Crippen MR) is 99.3 cm³/mol. The Bertz CT molecular complexity index is 1060. The minimum Gasteiger partial charge on any atom is -0.465 e. The molecule has 1 aromatic carbocycles. The number of benzene rings is 1. The molecule has 9 heteroatoms. The molecule has 3 aromatic rings. The summed E-state index contributed by atoms with van der Waals surface area (Å²) < 4.78 is 52.6. The van der Waals surface area contributed by atoms with Gasteiger partial charge in [0.05, 0.1) is 30.7 Å². The van der Waals surface area contributed by atoms with Crippen molar-refractivity contribution in [3.63, 3.8) is 0 Å². The first-order chi connectivity index (χ1) is 13.5. The van der Waals surface area contributed by atoms with E-state index in [1.54, 1.807) is 0 Å². The van der Waals surface area contributed by atoms with Gasteiger partial charge in [-0.1, -0.05) is 0 Å². The lowest BCUT2D eigenvalue weighted by Gasteiger charge is -2.28. The van der Waals surface area contributed by atoms with Crippen molar-refractivity contribution in [3.8, 4) is 11.1 Å². The summed E-state index contributed by atoms with van der Waals surface area (Å²) in [4.78, 5) is 19.0. The summed E-state index contributed by atoms with van der Waals surface area (Å²) in [5.41, 5.74) is 1.05. The Kier molecular flexibility index (Phi) is 4.94. The molecule has 0 aliphatic carbocycles. The predicted octanol–water partition coefficient (Wildman–Crippen LogP) is 4.00. The van der Waals surface area contributed by atoms with Crippen LogP contribution in [0.25, 0.3) is 21.3 Å². The largest absolute Gasteiger partial charge is 0.465 e. The molecule has 4 rings (SSSR count). The first kappa shape index (κ1) is 18.7. The zero-order valence-corrected chi connectivity index (χ0v) is 15.6. The smallest absolute Gasteiger partial charge is 0.350 e. The lowest BCUT2D eigenvalue weighted by atomic mass is 10.0. The summed E-state index contributed by atoms with van der Waals surface area (Å²) in [5, 5.41) is 0. The maximum absolute atomic E-state index is 14.4. The second kappa shape index (κ2) is 7.40. The van der Waals surface area contributed by atoms with Gasteiger partial charge in [-0.2, -0.15) is 0 Å². The van der Waals surface area contributed by atoms with Gasteiger partial charge in [-0.05, 0) is 12.1 Å². The van der Waals surface area contributed by atoms with E-state index < -0.39 is 23.4 Å². The fourth-order valence-electron chi connectivity index (χ4n) is 3.25. The van der Waals surface area contributed by atoms with E-state index in [4.69, 9.17) is 9.47 Å². The van der Waals surface area contributed by atoms with Crippen LogP contribution in [0.15, 0.2) is 24.4 Å². The first-order valence-electron chi connectivity index (χ1n) is 8.48. The molecule has 1 aliphatic rings. The Morgan fingerprint density at radius 1 is 1.21 bits per heavy atom. The van der Waals surface area contributed by atoms with Crippen LogP contribution in [0, 0.1) is 17.5 Å². The van der Waals surface area contributed by atoms with E-state index in [0.717, 1.165) is 17.4 Å². The minimum absolute atomic E-state index is 0.226. The van der Waals surface area contributed by atoms with E-state index in [2.05, 4.69) is 4.98 Å². The number of carbonyl (C=O) groups is 1. The standard InChI is InChI=1S/C19H15F3N2O3S/c1-26-19(25)18-16(24-4-6-27-7-5-24)15-17(28-18)11(2-3-23-15)12-8-10(20)9-13(21)14(12)22/h2-3,8-9H,4-7H2,1H3. The van der Waals surface area contributed by atoms with E-state index in [1.165, 1.54) is 19.4 Å². The molecule has 5 nitrogen and oxygen atoms in total. The Morgan fingerprint density at radius 2 is 1.96 bits per heavy atom. The van der Waals surface area contributed by atoms with Crippen LogP contribution >= 0.6 is 11.3 Å². The van der Waals surface area contributed by atoms with Crippen molar-refractivity contribution < 1.29 is 27.4 Å². The van der Waals surface area contributed by atoms with Crippen LogP contribution in [-0.4, -0.2) is 44.4 Å². The Hall–Kier alpha value is -2.65. The summed E-state index contributed by atoms with van der Waals surface area (Å²) in [6.07, 6.45) is 1.43. The molecule has 1 saturated heterocycles. The second-order valence-corrected chi connectivity index (χ2v) is 7.18. The molecule has 2 aromatic heterocycles. The number of anilines is 1. The monoisotopic (exact) mass is 408 g/mol. The van der Waals surface area contributed by atoms with Crippen molar-refractivity contribution >= 4 is 33.2 Å². The van der Waals surface area contributed by atoms with Crippen molar-refractivity contribution in [1.82, 2.24) is 4.98 Å². The number of aromatic nitrogens is 1. The number of thiophene rings is 1. The van der Waals surface area contributed by atoms with E-state index in [9.17, 15) is 18.0 Å². The van der Waals surface area contributed by atoms with Crippen LogP contribution in [0.5, 0.6) is 0 Å². The highest BCUT2D eigenvalue weighted by Gasteiger charge is 2.28. The lowest BCUT2D eigenvalue weighted by Crippen LogP contribution is -2.36. The quantitative estimate of drug-likeness (QED) is 0.484. The third-order valence-corrected chi connectivity index (χ3v) is 5.71. The molecule has 0 amide bonds. The fourth-order valence-corrected chi connectivity index (χ4v) is 4.48. The number of halogens is 3. The van der Waals surface area contributed by atoms with E-state index in [-0.39, 0.29) is 11.1 Å². The number of nitrogens with zero attached hydrogens (tertiary/aromatic N) is 2. The average Bonchev–Trinajstić information content (AvgIpc) is 3.10. The van der Waals surface area contributed by atoms with E-state index >= 15 is 0 Å². The molecule has 0 spiro atoms. The van der Waals surface area contributed by atoms with Gasteiger partial charge in [0.25, 0.3) is 0 Å². The fraction of sp³-hybridized carbons (Fsp3) is 0.263. The van der Waals surface area contributed by atoms with Crippen LogP contribution in [0.2, 0.25) is 0 Å². The number of carbonyl (C=O) groups excluding carboxylic acids is 1. The maximum atomic E-state index is 14.4. The first-order valence-corrected chi connectivity index (χ1v) is 9.30. The molecule has 0 atom stereocenters. The number of morpholine rings is 1. The van der Waals surface area contributed by atoms with Crippen molar-refractivity contribution in [2.24, 2.45) is 0 Å². The molecular weight excluding hydrogens is 393 g/mol. The summed E-state index contributed by atoms with van der Waals surface area (Å²) in [6, 6.07) is 2.89. The van der Waals surface area contributed by atoms with Gasteiger partial charge in [-0.15, -0.1) is 11.3 Å². The second-order valence-electron chi connectivity index (χ2n) is 6.16. The van der Waals surface area contributed by atoms with Gasteiger partial charge in [0, 0.05) is 36.5 Å². The van der Waals surface area contributed by atoms with Crippen molar-refractivity contribution in [2.75, 3.05) is 38.3 Å². The number of esters is 1. The van der Waals surface area contributed by atoms with Gasteiger partial charge >= 0.3 is 5.97 Å². The van der Waals surface area contributed by atoms with Crippen LogP contribution < -0.4 is 4.90 Å². The summed E-state index contributed by atoms with van der Waals surface area (Å²) in [5.74, 6) is -3.88. The molecular formula is C19H15F3N2O3S. The van der Waals surface area contributed by atoms with Crippen molar-refractivity contribution in [3.05, 3.63) is 46.7 Å². The van der Waals surface area contributed by atoms with Crippen LogP contribution in [0.3, 0.4) is 0 Å². The van der Waals surface area contributed by atoms with Gasteiger partial charge in [-0.3, -0.25) is 4.98 Å². The molecule has 3 heterocycles. The van der Waals surface area contributed by atoms with Gasteiger partial charge < -0.3 is 14.4 Å². The van der Waals surface area contributed by atoms with Gasteiger partial charge in [0.1, 0.15) is 16.2 Å². The molecule has 1 aliphatic heterocycles. The van der Waals surface area contributed by atoms with Gasteiger partial charge in [0.15, 0.2) is 11.6 Å². The number of rotatable bonds is 3. The number of ether oxygens (including phenoxy) is 2. The number of fused-ring (bicyclic) bond motifs is 1. The molecule has 0 radical (unpaired) electrons. The third-order valence-electron chi connectivity index (χ3n) is 4.53. The number of hydrogen-bond acceptors (Lipinski definition) is 6. The van der Waals surface area contributed by atoms with Crippen molar-refractivity contribution in [2.45, 2.75) is 0 Å². The van der Waals surface area contributed by atoms with E-state index in [1.807, 2.05) is 4.90 Å². The van der Waals surface area contributed by atoms with Crippen LogP contribution in [-0.2, 0) is 9.47 Å². The Morgan fingerprint density at radius 3 is 2.68 bits per heavy atom. The highest BCUT2D eigenvalue weighted by Crippen LogP contribution is 2.43. The molecule has 146 valence electrons. The highest BCUT2D eigenvalue weighted by atomic mass is 32.1. The minimum atomic E-state index is -1.28. The normalized spacial score (nSPS) is 14.5. The van der Waals surface area contributed by atoms with Crippen LogP contribution in [0.4, 0.5) is 18.9 Å². The van der Waals surface area contributed by atoms with Gasteiger partial charge in [-0.25, -0.2) is 18.0 Å². The number of methoxy groups -OCH3 is 1. The molecule has 1 fully saturated rings. The summed E-state index contributed by atoms with van der Waals surface area (Å²) in [7, 11) is 1.27. The number of pyridine rings is 1. The van der Waals surface area contributed by atoms with E-state index in [0.29, 0.717) is 53.2 Å². The SMILES string of the molecule is COC(=O)c1sc2c(-c3cc(F)cc(F)c3F)ccnc2c1N1CCOCC1. The Balaban J connectivity index is 1.99. The molecule has 28 heavy (non-hydrogen) atoms.